The Morgan fingerprint density at radius 3 is 2.58 bits per heavy atom. The smallest absolute Gasteiger partial charge is 0.286 e. The van der Waals surface area contributed by atoms with E-state index in [0.29, 0.717) is 22.0 Å². The van der Waals surface area contributed by atoms with Crippen molar-refractivity contribution in [1.29, 1.82) is 0 Å². The Kier molecular flexibility index (Phi) is 6.80. The number of anilines is 1. The molecule has 0 atom stereocenters. The molecule has 0 aliphatic heterocycles. The van der Waals surface area contributed by atoms with E-state index in [2.05, 4.69) is 20.8 Å². The minimum absolute atomic E-state index is 0.209. The molecule has 0 aliphatic rings. The van der Waals surface area contributed by atoms with Crippen LogP contribution in [0.25, 0.3) is 0 Å². The fraction of sp³-hybridized carbons (Fsp3) is 0.167. The second kappa shape index (κ2) is 10.1. The Balaban J connectivity index is 1.32. The molecule has 0 bridgehead atoms. The van der Waals surface area contributed by atoms with Gasteiger partial charge in [-0.05, 0) is 56.3 Å². The summed E-state index contributed by atoms with van der Waals surface area (Å²) < 4.78 is 11.1. The van der Waals surface area contributed by atoms with Crippen molar-refractivity contribution >= 4 is 28.8 Å². The van der Waals surface area contributed by atoms with E-state index in [-0.39, 0.29) is 24.1 Å². The molecule has 4 rings (SSSR count). The van der Waals surface area contributed by atoms with Gasteiger partial charge >= 0.3 is 0 Å². The summed E-state index contributed by atoms with van der Waals surface area (Å²) in [5.41, 5.74) is 2.04. The van der Waals surface area contributed by atoms with E-state index in [0.717, 1.165) is 28.4 Å². The van der Waals surface area contributed by atoms with Gasteiger partial charge in [-0.3, -0.25) is 9.59 Å². The van der Waals surface area contributed by atoms with Crippen molar-refractivity contribution in [2.24, 2.45) is 0 Å². The summed E-state index contributed by atoms with van der Waals surface area (Å²) in [6.07, 6.45) is 0. The fourth-order valence-corrected chi connectivity index (χ4v) is 3.60. The molecule has 168 valence electrons. The second-order valence-corrected chi connectivity index (χ2v) is 8.39. The molecule has 2 amide bonds. The summed E-state index contributed by atoms with van der Waals surface area (Å²) in [5.74, 6) is 1.50. The predicted octanol–water partition coefficient (Wildman–Crippen LogP) is 4.51. The molecule has 9 heteroatoms. The number of ether oxygens (including phenoxy) is 1. The van der Waals surface area contributed by atoms with Crippen molar-refractivity contribution < 1.29 is 18.7 Å². The number of nitrogens with zero attached hydrogens (tertiary/aromatic N) is 2. The number of furan rings is 1. The van der Waals surface area contributed by atoms with Crippen molar-refractivity contribution in [1.82, 2.24) is 15.5 Å². The Hall–Kier alpha value is -3.98. The van der Waals surface area contributed by atoms with E-state index in [9.17, 15) is 9.59 Å². The van der Waals surface area contributed by atoms with Gasteiger partial charge in [0.2, 0.25) is 5.01 Å². The maximum absolute atomic E-state index is 12.6. The average molecular weight is 463 g/mol. The summed E-state index contributed by atoms with van der Waals surface area (Å²) in [6, 6.07) is 18.0. The molecule has 4 aromatic rings. The van der Waals surface area contributed by atoms with Crippen molar-refractivity contribution in [2.45, 2.75) is 27.0 Å². The van der Waals surface area contributed by atoms with Crippen LogP contribution < -0.4 is 15.4 Å². The number of aromatic nitrogens is 2. The molecule has 0 spiro atoms. The molecule has 0 aliphatic carbocycles. The van der Waals surface area contributed by atoms with E-state index in [4.69, 9.17) is 9.15 Å². The molecule has 0 radical (unpaired) electrons. The molecule has 0 saturated carbocycles. The highest BCUT2D eigenvalue weighted by Gasteiger charge is 2.15. The molecule has 0 saturated heterocycles. The minimum Gasteiger partial charge on any atom is -0.486 e. The molecule has 2 N–H and O–H groups in total. The largest absolute Gasteiger partial charge is 0.486 e. The summed E-state index contributed by atoms with van der Waals surface area (Å²) >= 11 is 1.15. The van der Waals surface area contributed by atoms with Crippen molar-refractivity contribution in [3.8, 4) is 5.75 Å². The van der Waals surface area contributed by atoms with Crippen molar-refractivity contribution in [3.05, 3.63) is 93.3 Å². The van der Waals surface area contributed by atoms with Crippen LogP contribution in [0.5, 0.6) is 5.75 Å². The zero-order chi connectivity index (χ0) is 23.2. The summed E-state index contributed by atoms with van der Waals surface area (Å²) in [7, 11) is 0. The van der Waals surface area contributed by atoms with Crippen LogP contribution in [0.15, 0.2) is 65.1 Å². The third kappa shape index (κ3) is 6.05. The minimum atomic E-state index is -0.405. The quantitative estimate of drug-likeness (QED) is 0.399. The first kappa shape index (κ1) is 22.2. The van der Waals surface area contributed by atoms with E-state index < -0.39 is 5.91 Å². The van der Waals surface area contributed by atoms with Gasteiger partial charge in [0.05, 0.1) is 6.54 Å². The number of carbonyl (C=O) groups is 2. The number of amides is 2. The number of benzene rings is 2. The number of hydrogen-bond donors (Lipinski definition) is 2. The standard InChI is InChI=1S/C24H22N4O4S/c1-15-6-9-19(10-7-15)31-14-21-27-28-24(33-21)23(30)26-18-5-3-4-17(12-18)22(29)25-13-20-11-8-16(2)32-20/h3-12H,13-14H2,1-2H3,(H,25,29)(H,26,30). The van der Waals surface area contributed by atoms with Crippen LogP contribution in [-0.4, -0.2) is 22.0 Å². The lowest BCUT2D eigenvalue weighted by Gasteiger charge is -2.07. The summed E-state index contributed by atoms with van der Waals surface area (Å²) in [4.78, 5) is 25.0. The second-order valence-electron chi connectivity index (χ2n) is 7.33. The molecule has 2 aromatic carbocycles. The molecule has 0 fully saturated rings. The lowest BCUT2D eigenvalue weighted by molar-refractivity contribution is 0.0946. The average Bonchev–Trinajstić information content (AvgIpc) is 3.46. The highest BCUT2D eigenvalue weighted by molar-refractivity contribution is 7.13. The predicted molar refractivity (Wildman–Crippen MR) is 124 cm³/mol. The number of hydrogen-bond acceptors (Lipinski definition) is 7. The van der Waals surface area contributed by atoms with Gasteiger partial charge in [0.1, 0.15) is 23.9 Å². The maximum Gasteiger partial charge on any atom is 0.286 e. The number of aryl methyl sites for hydroxylation is 2. The third-order valence-corrected chi connectivity index (χ3v) is 5.54. The van der Waals surface area contributed by atoms with Gasteiger partial charge in [0.25, 0.3) is 11.8 Å². The fourth-order valence-electron chi connectivity index (χ4n) is 2.96. The molecule has 8 nitrogen and oxygen atoms in total. The van der Waals surface area contributed by atoms with Gasteiger partial charge < -0.3 is 19.8 Å². The lowest BCUT2D eigenvalue weighted by atomic mass is 10.2. The Labute approximate surface area is 194 Å². The summed E-state index contributed by atoms with van der Waals surface area (Å²) in [6.45, 7) is 4.35. The lowest BCUT2D eigenvalue weighted by Crippen LogP contribution is -2.22. The summed E-state index contributed by atoms with van der Waals surface area (Å²) in [5, 5.41) is 14.3. The number of nitrogens with one attached hydrogen (secondary N) is 2. The molecule has 33 heavy (non-hydrogen) atoms. The van der Waals surface area contributed by atoms with Crippen molar-refractivity contribution in [3.63, 3.8) is 0 Å². The first-order valence-electron chi connectivity index (χ1n) is 10.2. The van der Waals surface area contributed by atoms with Crippen LogP contribution in [0, 0.1) is 13.8 Å². The van der Waals surface area contributed by atoms with Gasteiger partial charge in [-0.15, -0.1) is 10.2 Å². The Bertz CT molecular complexity index is 1260. The van der Waals surface area contributed by atoms with E-state index in [1.54, 1.807) is 24.3 Å². The van der Waals surface area contributed by atoms with Gasteiger partial charge in [0, 0.05) is 11.3 Å². The SMILES string of the molecule is Cc1ccc(OCc2nnc(C(=O)Nc3cccc(C(=O)NCc4ccc(C)o4)c3)s2)cc1. The third-order valence-electron chi connectivity index (χ3n) is 4.65. The number of carbonyl (C=O) groups excluding carboxylic acids is 2. The molecule has 2 heterocycles. The Morgan fingerprint density at radius 2 is 1.82 bits per heavy atom. The van der Waals surface area contributed by atoms with Crippen molar-refractivity contribution in [2.75, 3.05) is 5.32 Å². The Morgan fingerprint density at radius 1 is 1.00 bits per heavy atom. The highest BCUT2D eigenvalue weighted by Crippen LogP contribution is 2.18. The van der Waals surface area contributed by atoms with Crippen LogP contribution in [-0.2, 0) is 13.2 Å². The van der Waals surface area contributed by atoms with Crippen LogP contribution in [0.4, 0.5) is 5.69 Å². The highest BCUT2D eigenvalue weighted by atomic mass is 32.1. The first-order valence-corrected chi connectivity index (χ1v) is 11.0. The van der Waals surface area contributed by atoms with E-state index in [1.807, 2.05) is 50.2 Å². The van der Waals surface area contributed by atoms with Crippen LogP contribution in [0.1, 0.15) is 42.3 Å². The molecular formula is C24H22N4O4S. The van der Waals surface area contributed by atoms with Gasteiger partial charge in [-0.1, -0.05) is 35.1 Å². The molecule has 2 aromatic heterocycles. The molecule has 0 unspecified atom stereocenters. The van der Waals surface area contributed by atoms with Gasteiger partial charge in [0.15, 0.2) is 5.01 Å². The molecular weight excluding hydrogens is 440 g/mol. The maximum atomic E-state index is 12.6. The first-order chi connectivity index (χ1) is 16.0. The van der Waals surface area contributed by atoms with Gasteiger partial charge in [-0.2, -0.15) is 0 Å². The van der Waals surface area contributed by atoms with E-state index >= 15 is 0 Å². The van der Waals surface area contributed by atoms with Crippen LogP contribution in [0.2, 0.25) is 0 Å². The zero-order valence-electron chi connectivity index (χ0n) is 18.1. The topological polar surface area (TPSA) is 106 Å². The normalized spacial score (nSPS) is 10.6. The van der Waals surface area contributed by atoms with Crippen LogP contribution in [0.3, 0.4) is 0 Å². The number of rotatable bonds is 8. The van der Waals surface area contributed by atoms with Gasteiger partial charge in [-0.25, -0.2) is 0 Å². The van der Waals surface area contributed by atoms with E-state index in [1.165, 1.54) is 0 Å². The van der Waals surface area contributed by atoms with Crippen LogP contribution >= 0.6 is 11.3 Å². The zero-order valence-corrected chi connectivity index (χ0v) is 18.9. The monoisotopic (exact) mass is 462 g/mol.